The minimum absolute atomic E-state index is 0.299. The van der Waals surface area contributed by atoms with Crippen molar-refractivity contribution >= 4 is 11.6 Å². The summed E-state index contributed by atoms with van der Waals surface area (Å²) in [4.78, 5) is 0. The predicted molar refractivity (Wildman–Crippen MR) is 45.4 cm³/mol. The molecule has 0 aliphatic heterocycles. The first kappa shape index (κ1) is 10.2. The molecule has 1 N–H and O–H groups in total. The normalized spacial score (nSPS) is 14.1. The van der Waals surface area contributed by atoms with E-state index in [2.05, 4.69) is 13.8 Å². The fraction of sp³-hybridized carbons (Fsp3) is 1.00. The molecule has 0 aliphatic carbocycles. The molecular weight excluding hydrogens is 148 g/mol. The maximum atomic E-state index is 9.16. The highest BCUT2D eigenvalue weighted by Crippen LogP contribution is 2.15. The average molecular weight is 165 g/mol. The molecule has 0 aromatic heterocycles. The molecule has 0 bridgehead atoms. The lowest BCUT2D eigenvalue weighted by Crippen LogP contribution is -2.13. The smallest absolute Gasteiger partial charge is 0.0678 e. The fourth-order valence-electron chi connectivity index (χ4n) is 1.07. The summed E-state index contributed by atoms with van der Waals surface area (Å²) in [7, 11) is 0. The van der Waals surface area contributed by atoms with Crippen LogP contribution >= 0.6 is 11.6 Å². The second-order valence-electron chi connectivity index (χ2n) is 2.73. The topological polar surface area (TPSA) is 20.2 Å². The van der Waals surface area contributed by atoms with Gasteiger partial charge in [-0.1, -0.05) is 26.7 Å². The molecule has 0 aromatic carbocycles. The van der Waals surface area contributed by atoms with Gasteiger partial charge in [0, 0.05) is 5.88 Å². The van der Waals surface area contributed by atoms with Gasteiger partial charge in [0.25, 0.3) is 0 Å². The summed E-state index contributed by atoms with van der Waals surface area (Å²) in [5, 5.41) is 9.16. The number of hydrogen-bond acceptors (Lipinski definition) is 1. The first-order valence-corrected chi connectivity index (χ1v) is 4.52. The lowest BCUT2D eigenvalue weighted by Gasteiger charge is -2.14. The highest BCUT2D eigenvalue weighted by Gasteiger charge is 2.09. The highest BCUT2D eigenvalue weighted by atomic mass is 35.5. The minimum atomic E-state index is -0.299. The van der Waals surface area contributed by atoms with Crippen molar-refractivity contribution in [3.05, 3.63) is 0 Å². The lowest BCUT2D eigenvalue weighted by atomic mass is 9.97. The Morgan fingerprint density at radius 1 is 1.30 bits per heavy atom. The predicted octanol–water partition coefficient (Wildman–Crippen LogP) is 2.41. The molecule has 1 nitrogen and oxygen atoms in total. The first-order valence-electron chi connectivity index (χ1n) is 3.98. The summed E-state index contributed by atoms with van der Waals surface area (Å²) in [6, 6.07) is 0. The number of halogens is 1. The molecule has 0 aliphatic rings. The standard InChI is InChI=1S/C8H17ClO/c1-3-7(4-2)5-8(10)6-9/h7-8,10H,3-6H2,1-2H3. The van der Waals surface area contributed by atoms with Crippen LogP contribution in [0.4, 0.5) is 0 Å². The summed E-state index contributed by atoms with van der Waals surface area (Å²) in [5.74, 6) is 1.02. The summed E-state index contributed by atoms with van der Waals surface area (Å²) >= 11 is 5.46. The molecule has 0 fully saturated rings. The Morgan fingerprint density at radius 3 is 2.10 bits per heavy atom. The third kappa shape index (κ3) is 4.13. The summed E-state index contributed by atoms with van der Waals surface area (Å²) in [6.45, 7) is 4.30. The fourth-order valence-corrected chi connectivity index (χ4v) is 1.20. The largest absolute Gasteiger partial charge is 0.392 e. The van der Waals surface area contributed by atoms with Gasteiger partial charge in [-0.3, -0.25) is 0 Å². The maximum Gasteiger partial charge on any atom is 0.0678 e. The van der Waals surface area contributed by atoms with Gasteiger partial charge in [0.05, 0.1) is 6.10 Å². The van der Waals surface area contributed by atoms with Crippen molar-refractivity contribution in [3.63, 3.8) is 0 Å². The Bertz CT molecular complexity index is 71.7. The van der Waals surface area contributed by atoms with Crippen molar-refractivity contribution in [1.82, 2.24) is 0 Å². The number of hydrogen-bond donors (Lipinski definition) is 1. The molecule has 2 heteroatoms. The van der Waals surface area contributed by atoms with Gasteiger partial charge in [-0.05, 0) is 12.3 Å². The Kier molecular flexibility index (Phi) is 6.14. The molecule has 0 saturated heterocycles. The zero-order chi connectivity index (χ0) is 7.98. The molecular formula is C8H17ClO. The second kappa shape index (κ2) is 5.99. The van der Waals surface area contributed by atoms with Crippen LogP contribution in [0.3, 0.4) is 0 Å². The van der Waals surface area contributed by atoms with E-state index in [1.165, 1.54) is 0 Å². The molecule has 1 unspecified atom stereocenters. The number of aliphatic hydroxyl groups excluding tert-OH is 1. The van der Waals surface area contributed by atoms with Crippen molar-refractivity contribution < 1.29 is 5.11 Å². The maximum absolute atomic E-state index is 9.16. The van der Waals surface area contributed by atoms with Crippen molar-refractivity contribution in [2.24, 2.45) is 5.92 Å². The third-order valence-corrected chi connectivity index (χ3v) is 2.29. The summed E-state index contributed by atoms with van der Waals surface area (Å²) < 4.78 is 0. The van der Waals surface area contributed by atoms with Crippen LogP contribution in [-0.2, 0) is 0 Å². The molecule has 0 amide bonds. The van der Waals surface area contributed by atoms with Gasteiger partial charge in [-0.15, -0.1) is 11.6 Å². The lowest BCUT2D eigenvalue weighted by molar-refractivity contribution is 0.160. The van der Waals surface area contributed by atoms with Gasteiger partial charge in [0.15, 0.2) is 0 Å². The van der Waals surface area contributed by atoms with Crippen molar-refractivity contribution in [2.45, 2.75) is 39.2 Å². The number of aliphatic hydroxyl groups is 1. The van der Waals surface area contributed by atoms with Gasteiger partial charge in [-0.2, -0.15) is 0 Å². The zero-order valence-corrected chi connectivity index (χ0v) is 7.56. The Labute approximate surface area is 68.4 Å². The second-order valence-corrected chi connectivity index (χ2v) is 3.03. The van der Waals surface area contributed by atoms with Crippen LogP contribution in [-0.4, -0.2) is 17.1 Å². The molecule has 1 atom stereocenters. The van der Waals surface area contributed by atoms with Crippen LogP contribution in [0.15, 0.2) is 0 Å². The van der Waals surface area contributed by atoms with E-state index in [1.54, 1.807) is 0 Å². The van der Waals surface area contributed by atoms with E-state index in [1.807, 2.05) is 0 Å². The van der Waals surface area contributed by atoms with E-state index in [9.17, 15) is 0 Å². The highest BCUT2D eigenvalue weighted by molar-refractivity contribution is 6.18. The first-order chi connectivity index (χ1) is 4.74. The van der Waals surface area contributed by atoms with Gasteiger partial charge in [0.1, 0.15) is 0 Å². The Morgan fingerprint density at radius 2 is 1.80 bits per heavy atom. The molecule has 0 spiro atoms. The van der Waals surface area contributed by atoms with Crippen LogP contribution in [0.2, 0.25) is 0 Å². The molecule has 10 heavy (non-hydrogen) atoms. The van der Waals surface area contributed by atoms with E-state index in [-0.39, 0.29) is 6.10 Å². The van der Waals surface area contributed by atoms with E-state index >= 15 is 0 Å². The van der Waals surface area contributed by atoms with Crippen molar-refractivity contribution in [1.29, 1.82) is 0 Å². The van der Waals surface area contributed by atoms with E-state index in [4.69, 9.17) is 16.7 Å². The SMILES string of the molecule is CCC(CC)CC(O)CCl. The van der Waals surface area contributed by atoms with Gasteiger partial charge in [0.2, 0.25) is 0 Å². The summed E-state index contributed by atoms with van der Waals surface area (Å²) in [6.07, 6.45) is 2.84. The molecule has 0 radical (unpaired) electrons. The Balaban J connectivity index is 3.41. The van der Waals surface area contributed by atoms with Crippen LogP contribution in [0.25, 0.3) is 0 Å². The number of alkyl halides is 1. The third-order valence-electron chi connectivity index (χ3n) is 1.94. The summed E-state index contributed by atoms with van der Waals surface area (Å²) in [5.41, 5.74) is 0. The van der Waals surface area contributed by atoms with E-state index in [0.717, 1.165) is 19.3 Å². The molecule has 0 heterocycles. The van der Waals surface area contributed by atoms with Gasteiger partial charge >= 0.3 is 0 Å². The van der Waals surface area contributed by atoms with Gasteiger partial charge < -0.3 is 5.11 Å². The minimum Gasteiger partial charge on any atom is -0.392 e. The van der Waals surface area contributed by atoms with Gasteiger partial charge in [-0.25, -0.2) is 0 Å². The molecule has 0 saturated carbocycles. The van der Waals surface area contributed by atoms with Crippen LogP contribution < -0.4 is 0 Å². The monoisotopic (exact) mass is 164 g/mol. The van der Waals surface area contributed by atoms with Crippen molar-refractivity contribution in [3.8, 4) is 0 Å². The van der Waals surface area contributed by atoms with Crippen LogP contribution in [0, 0.1) is 5.92 Å². The molecule has 62 valence electrons. The van der Waals surface area contributed by atoms with Crippen molar-refractivity contribution in [2.75, 3.05) is 5.88 Å². The zero-order valence-electron chi connectivity index (χ0n) is 6.81. The Hall–Kier alpha value is 0.250. The van der Waals surface area contributed by atoms with E-state index in [0.29, 0.717) is 11.8 Å². The quantitative estimate of drug-likeness (QED) is 0.619. The molecule has 0 aromatic rings. The van der Waals surface area contributed by atoms with Crippen LogP contribution in [0.1, 0.15) is 33.1 Å². The number of rotatable bonds is 5. The van der Waals surface area contributed by atoms with Crippen LogP contribution in [0.5, 0.6) is 0 Å². The molecule has 0 rings (SSSR count). The van der Waals surface area contributed by atoms with E-state index < -0.39 is 0 Å². The average Bonchev–Trinajstić information content (AvgIpc) is 1.99.